The molecule has 3 atom stereocenters. The molecule has 2 bridgehead atoms. The molecule has 0 aliphatic heterocycles. The highest BCUT2D eigenvalue weighted by atomic mass is 79.9. The van der Waals surface area contributed by atoms with Gasteiger partial charge in [0.1, 0.15) is 0 Å². The molecule has 0 radical (unpaired) electrons. The van der Waals surface area contributed by atoms with E-state index in [0.29, 0.717) is 5.41 Å². The Balaban J connectivity index is 2.44. The third-order valence-electron chi connectivity index (χ3n) is 4.51. The Hall–Kier alpha value is 0.440. The fourth-order valence-corrected chi connectivity index (χ4v) is 4.46. The van der Waals surface area contributed by atoms with Gasteiger partial charge in [-0.2, -0.15) is 0 Å². The summed E-state index contributed by atoms with van der Waals surface area (Å²) in [6.45, 7) is 6.70. The van der Waals surface area contributed by atoms with Crippen LogP contribution in [-0.4, -0.2) is 15.5 Å². The highest BCUT2D eigenvalue weighted by Crippen LogP contribution is 2.68. The van der Waals surface area contributed by atoms with Gasteiger partial charge in [0.15, 0.2) is 0 Å². The molecule has 0 saturated heterocycles. The molecule has 2 aliphatic rings. The third kappa shape index (κ3) is 0.784. The Morgan fingerprint density at radius 3 is 2.08 bits per heavy atom. The second-order valence-corrected chi connectivity index (χ2v) is 6.98. The maximum atomic E-state index is 10.1. The lowest BCUT2D eigenvalue weighted by Gasteiger charge is -2.43. The second-order valence-electron chi connectivity index (χ2n) is 5.40. The van der Waals surface area contributed by atoms with Crippen molar-refractivity contribution in [3.63, 3.8) is 0 Å². The van der Waals surface area contributed by atoms with Crippen LogP contribution in [0.5, 0.6) is 0 Å². The number of rotatable bonds is 0. The van der Waals surface area contributed by atoms with E-state index in [1.54, 1.807) is 0 Å². The molecule has 1 N–H and O–H groups in total. The third-order valence-corrected chi connectivity index (χ3v) is 5.62. The van der Waals surface area contributed by atoms with Gasteiger partial charge in [-0.15, -0.1) is 0 Å². The molecule has 2 rings (SSSR count). The highest BCUT2D eigenvalue weighted by Gasteiger charge is 2.66. The van der Waals surface area contributed by atoms with Crippen molar-refractivity contribution in [1.29, 1.82) is 0 Å². The number of aliphatic hydroxyl groups excluding tert-OH is 1. The maximum absolute atomic E-state index is 10.1. The standard InChI is InChI=1S/C10H17BrO/c1-8(2)7(12)10(11)5-4-9(8,3)6-10/h7,12H,4-6H2,1-3H3/t7-,9-,10-/m0/s1. The lowest BCUT2D eigenvalue weighted by molar-refractivity contribution is -0.0218. The monoisotopic (exact) mass is 232 g/mol. The van der Waals surface area contributed by atoms with Crippen molar-refractivity contribution >= 4 is 15.9 Å². The topological polar surface area (TPSA) is 20.2 Å². The Labute approximate surface area is 82.7 Å². The van der Waals surface area contributed by atoms with Crippen LogP contribution in [0.15, 0.2) is 0 Å². The number of halogens is 1. The highest BCUT2D eigenvalue weighted by molar-refractivity contribution is 9.10. The van der Waals surface area contributed by atoms with Crippen LogP contribution in [0.4, 0.5) is 0 Å². The number of alkyl halides is 1. The number of aliphatic hydroxyl groups is 1. The van der Waals surface area contributed by atoms with Gasteiger partial charge in [0.2, 0.25) is 0 Å². The van der Waals surface area contributed by atoms with Crippen LogP contribution in [0, 0.1) is 10.8 Å². The fraction of sp³-hybridized carbons (Fsp3) is 1.00. The Kier molecular flexibility index (Phi) is 1.57. The van der Waals surface area contributed by atoms with Gasteiger partial charge < -0.3 is 5.11 Å². The normalized spacial score (nSPS) is 56.2. The van der Waals surface area contributed by atoms with Gasteiger partial charge in [-0.1, -0.05) is 36.7 Å². The zero-order valence-corrected chi connectivity index (χ0v) is 9.61. The van der Waals surface area contributed by atoms with Crippen LogP contribution in [-0.2, 0) is 0 Å². The summed E-state index contributed by atoms with van der Waals surface area (Å²) < 4.78 is 0.0330. The predicted molar refractivity (Wildman–Crippen MR) is 53.4 cm³/mol. The van der Waals surface area contributed by atoms with E-state index < -0.39 is 0 Å². The van der Waals surface area contributed by atoms with Crippen molar-refractivity contribution in [3.05, 3.63) is 0 Å². The molecule has 2 saturated carbocycles. The smallest absolute Gasteiger partial charge is 0.0749 e. The number of hydrogen-bond acceptors (Lipinski definition) is 1. The average molecular weight is 233 g/mol. The summed E-state index contributed by atoms with van der Waals surface area (Å²) in [5.41, 5.74) is 0.421. The van der Waals surface area contributed by atoms with Crippen LogP contribution in [0.25, 0.3) is 0 Å². The van der Waals surface area contributed by atoms with Crippen LogP contribution in [0.2, 0.25) is 0 Å². The second kappa shape index (κ2) is 2.09. The number of fused-ring (bicyclic) bond motifs is 2. The Bertz CT molecular complexity index is 223. The summed E-state index contributed by atoms with van der Waals surface area (Å²) in [5, 5.41) is 10.1. The zero-order valence-electron chi connectivity index (χ0n) is 8.02. The first-order chi connectivity index (χ1) is 5.32. The predicted octanol–water partition coefficient (Wildman–Crippen LogP) is 2.71. The zero-order chi connectivity index (χ0) is 9.20. The Morgan fingerprint density at radius 2 is 1.83 bits per heavy atom. The maximum Gasteiger partial charge on any atom is 0.0749 e. The van der Waals surface area contributed by atoms with E-state index in [1.807, 2.05) is 0 Å². The van der Waals surface area contributed by atoms with Gasteiger partial charge in [0, 0.05) is 0 Å². The summed E-state index contributed by atoms with van der Waals surface area (Å²) in [5.74, 6) is 0. The van der Waals surface area contributed by atoms with Crippen molar-refractivity contribution in [2.45, 2.75) is 50.5 Å². The van der Waals surface area contributed by atoms with Crippen molar-refractivity contribution < 1.29 is 5.11 Å². The minimum Gasteiger partial charge on any atom is -0.391 e. The van der Waals surface area contributed by atoms with Gasteiger partial charge >= 0.3 is 0 Å². The summed E-state index contributed by atoms with van der Waals surface area (Å²) in [4.78, 5) is 0. The quantitative estimate of drug-likeness (QED) is 0.638. The molecule has 0 heterocycles. The molecular formula is C10H17BrO. The molecule has 0 aromatic carbocycles. The fourth-order valence-electron chi connectivity index (χ4n) is 3.07. The van der Waals surface area contributed by atoms with E-state index in [0.717, 1.165) is 12.8 Å². The largest absolute Gasteiger partial charge is 0.391 e. The molecule has 1 nitrogen and oxygen atoms in total. The molecule has 0 spiro atoms. The minimum absolute atomic E-state index is 0.0330. The lowest BCUT2D eigenvalue weighted by atomic mass is 9.65. The summed E-state index contributed by atoms with van der Waals surface area (Å²) >= 11 is 3.71. The molecule has 0 amide bonds. The van der Waals surface area contributed by atoms with E-state index in [1.165, 1.54) is 6.42 Å². The molecule has 12 heavy (non-hydrogen) atoms. The van der Waals surface area contributed by atoms with Crippen molar-refractivity contribution in [2.75, 3.05) is 0 Å². The van der Waals surface area contributed by atoms with E-state index in [2.05, 4.69) is 36.7 Å². The number of hydrogen-bond donors (Lipinski definition) is 1. The minimum atomic E-state index is -0.177. The summed E-state index contributed by atoms with van der Waals surface area (Å²) in [7, 11) is 0. The SMILES string of the molecule is CC1(C)[C@H](O)[C@]2(Br)CC[C@@]1(C)C2. The van der Waals surface area contributed by atoms with Crippen LogP contribution in [0.3, 0.4) is 0 Å². The van der Waals surface area contributed by atoms with Crippen molar-refractivity contribution in [2.24, 2.45) is 10.8 Å². The molecule has 2 heteroatoms. The van der Waals surface area contributed by atoms with Gasteiger partial charge in [-0.05, 0) is 30.1 Å². The van der Waals surface area contributed by atoms with E-state index in [4.69, 9.17) is 0 Å². The molecule has 70 valence electrons. The van der Waals surface area contributed by atoms with Gasteiger partial charge in [0.25, 0.3) is 0 Å². The van der Waals surface area contributed by atoms with Gasteiger partial charge in [-0.3, -0.25) is 0 Å². The first-order valence-electron chi connectivity index (χ1n) is 4.69. The summed E-state index contributed by atoms with van der Waals surface area (Å²) in [6.07, 6.45) is 3.34. The van der Waals surface area contributed by atoms with E-state index in [-0.39, 0.29) is 15.8 Å². The lowest BCUT2D eigenvalue weighted by Crippen LogP contribution is -2.45. The molecule has 2 aliphatic carbocycles. The molecule has 0 unspecified atom stereocenters. The van der Waals surface area contributed by atoms with Gasteiger partial charge in [-0.25, -0.2) is 0 Å². The summed E-state index contributed by atoms with van der Waals surface area (Å²) in [6, 6.07) is 0. The van der Waals surface area contributed by atoms with Crippen LogP contribution < -0.4 is 0 Å². The first kappa shape index (κ1) is 9.01. The average Bonchev–Trinajstić information content (AvgIpc) is 2.32. The Morgan fingerprint density at radius 1 is 1.25 bits per heavy atom. The molecule has 0 aromatic heterocycles. The van der Waals surface area contributed by atoms with Crippen molar-refractivity contribution in [1.82, 2.24) is 0 Å². The van der Waals surface area contributed by atoms with Gasteiger partial charge in [0.05, 0.1) is 10.4 Å². The van der Waals surface area contributed by atoms with E-state index >= 15 is 0 Å². The first-order valence-corrected chi connectivity index (χ1v) is 5.48. The molecule has 0 aromatic rings. The van der Waals surface area contributed by atoms with Crippen LogP contribution in [0.1, 0.15) is 40.0 Å². The molecule has 2 fully saturated rings. The van der Waals surface area contributed by atoms with Crippen molar-refractivity contribution in [3.8, 4) is 0 Å². The molecular weight excluding hydrogens is 216 g/mol. The van der Waals surface area contributed by atoms with E-state index in [9.17, 15) is 5.11 Å². The van der Waals surface area contributed by atoms with Crippen LogP contribution >= 0.6 is 15.9 Å².